The molecule has 0 saturated heterocycles. The minimum absolute atomic E-state index is 0.0515. The van der Waals surface area contributed by atoms with E-state index in [1.54, 1.807) is 0 Å². The lowest BCUT2D eigenvalue weighted by molar-refractivity contribution is 0.578. The third-order valence-electron chi connectivity index (χ3n) is 1.99. The molecule has 1 atom stereocenters. The molecule has 0 spiro atoms. The van der Waals surface area contributed by atoms with Crippen LogP contribution in [0.4, 0.5) is 0 Å². The monoisotopic (exact) mass is 182 g/mol. The first-order valence-electron chi connectivity index (χ1n) is 4.93. The van der Waals surface area contributed by atoms with Crippen LogP contribution in [0.15, 0.2) is 6.20 Å². The second-order valence-electron chi connectivity index (χ2n) is 3.30. The van der Waals surface area contributed by atoms with Crippen LogP contribution in [0.1, 0.15) is 44.8 Å². The highest BCUT2D eigenvalue weighted by Crippen LogP contribution is 2.11. The van der Waals surface area contributed by atoms with Crippen molar-refractivity contribution in [2.75, 3.05) is 0 Å². The van der Waals surface area contributed by atoms with Gasteiger partial charge in [-0.05, 0) is 12.8 Å². The molecule has 1 unspecified atom stereocenters. The first-order valence-corrected chi connectivity index (χ1v) is 4.93. The lowest BCUT2D eigenvalue weighted by Gasteiger charge is -2.04. The van der Waals surface area contributed by atoms with E-state index in [2.05, 4.69) is 24.2 Å². The van der Waals surface area contributed by atoms with Gasteiger partial charge < -0.3 is 5.73 Å². The van der Waals surface area contributed by atoms with Gasteiger partial charge in [0.1, 0.15) is 0 Å². The van der Waals surface area contributed by atoms with Crippen LogP contribution in [-0.2, 0) is 6.54 Å². The van der Waals surface area contributed by atoms with Crippen LogP contribution in [0, 0.1) is 0 Å². The van der Waals surface area contributed by atoms with Gasteiger partial charge in [0.25, 0.3) is 0 Å². The van der Waals surface area contributed by atoms with Gasteiger partial charge in [0.2, 0.25) is 0 Å². The summed E-state index contributed by atoms with van der Waals surface area (Å²) < 4.78 is 1.85. The maximum absolute atomic E-state index is 5.90. The second kappa shape index (κ2) is 4.97. The number of rotatable bonds is 5. The van der Waals surface area contributed by atoms with Crippen LogP contribution < -0.4 is 5.73 Å². The molecule has 0 aliphatic carbocycles. The van der Waals surface area contributed by atoms with Crippen LogP contribution in [0.25, 0.3) is 0 Å². The third kappa shape index (κ3) is 2.81. The smallest absolute Gasteiger partial charge is 0.0994 e. The number of hydrogen-bond acceptors (Lipinski definition) is 3. The summed E-state index contributed by atoms with van der Waals surface area (Å²) in [4.78, 5) is 0. The van der Waals surface area contributed by atoms with E-state index in [1.807, 2.05) is 10.9 Å². The molecule has 1 rings (SSSR count). The summed E-state index contributed by atoms with van der Waals surface area (Å²) in [6.45, 7) is 5.16. The number of nitrogens with two attached hydrogens (primary N) is 1. The van der Waals surface area contributed by atoms with Gasteiger partial charge in [-0.25, -0.2) is 0 Å². The number of aryl methyl sites for hydroxylation is 1. The molecule has 0 aromatic carbocycles. The van der Waals surface area contributed by atoms with E-state index >= 15 is 0 Å². The second-order valence-corrected chi connectivity index (χ2v) is 3.30. The fourth-order valence-corrected chi connectivity index (χ4v) is 1.28. The van der Waals surface area contributed by atoms with Crippen LogP contribution in [0.2, 0.25) is 0 Å². The Kier molecular flexibility index (Phi) is 3.89. The first kappa shape index (κ1) is 10.2. The summed E-state index contributed by atoms with van der Waals surface area (Å²) >= 11 is 0. The zero-order valence-corrected chi connectivity index (χ0v) is 8.40. The summed E-state index contributed by atoms with van der Waals surface area (Å²) in [5.41, 5.74) is 6.81. The van der Waals surface area contributed by atoms with E-state index in [-0.39, 0.29) is 6.04 Å². The summed E-state index contributed by atoms with van der Waals surface area (Å²) in [7, 11) is 0. The Labute approximate surface area is 79.1 Å². The molecule has 2 N–H and O–H groups in total. The third-order valence-corrected chi connectivity index (χ3v) is 1.99. The van der Waals surface area contributed by atoms with E-state index in [1.165, 1.54) is 0 Å². The molecule has 0 fully saturated rings. The van der Waals surface area contributed by atoms with Crippen molar-refractivity contribution in [3.8, 4) is 0 Å². The highest BCUT2D eigenvalue weighted by molar-refractivity contribution is 4.99. The van der Waals surface area contributed by atoms with E-state index in [9.17, 15) is 0 Å². The van der Waals surface area contributed by atoms with Crippen molar-refractivity contribution in [3.05, 3.63) is 11.9 Å². The topological polar surface area (TPSA) is 56.7 Å². The average molecular weight is 182 g/mol. The van der Waals surface area contributed by atoms with Crippen molar-refractivity contribution in [1.29, 1.82) is 0 Å². The lowest BCUT2D eigenvalue weighted by Crippen LogP contribution is -2.10. The van der Waals surface area contributed by atoms with Gasteiger partial charge in [-0.2, -0.15) is 0 Å². The average Bonchev–Trinajstić information content (AvgIpc) is 2.54. The molecule has 0 radical (unpaired) electrons. The maximum Gasteiger partial charge on any atom is 0.0994 e. The molecule has 0 aliphatic rings. The fourth-order valence-electron chi connectivity index (χ4n) is 1.28. The highest BCUT2D eigenvalue weighted by atomic mass is 15.4. The molecule has 0 amide bonds. The highest BCUT2D eigenvalue weighted by Gasteiger charge is 2.08. The Morgan fingerprint density at radius 3 is 2.85 bits per heavy atom. The molecule has 4 nitrogen and oxygen atoms in total. The zero-order valence-electron chi connectivity index (χ0n) is 8.40. The summed E-state index contributed by atoms with van der Waals surface area (Å²) in [6, 6.07) is 0.0515. The van der Waals surface area contributed by atoms with E-state index in [0.29, 0.717) is 0 Å². The molecule has 4 heteroatoms. The van der Waals surface area contributed by atoms with E-state index < -0.39 is 0 Å². The van der Waals surface area contributed by atoms with Gasteiger partial charge in [0.15, 0.2) is 0 Å². The molecule has 0 aliphatic heterocycles. The van der Waals surface area contributed by atoms with Crippen molar-refractivity contribution in [2.45, 2.75) is 45.7 Å². The van der Waals surface area contributed by atoms with Gasteiger partial charge in [0.05, 0.1) is 17.9 Å². The number of aromatic nitrogens is 3. The summed E-state index contributed by atoms with van der Waals surface area (Å²) in [5.74, 6) is 0. The van der Waals surface area contributed by atoms with Gasteiger partial charge in [-0.15, -0.1) is 5.10 Å². The Morgan fingerprint density at radius 2 is 2.23 bits per heavy atom. The maximum atomic E-state index is 5.90. The Morgan fingerprint density at radius 1 is 1.46 bits per heavy atom. The lowest BCUT2D eigenvalue weighted by atomic mass is 10.1. The van der Waals surface area contributed by atoms with Gasteiger partial charge in [-0.3, -0.25) is 4.68 Å². The van der Waals surface area contributed by atoms with Gasteiger partial charge >= 0.3 is 0 Å². The standard InChI is InChI=1S/C9H18N4/c1-3-5-8(10)9-7-13(6-4-2)12-11-9/h7-8H,3-6,10H2,1-2H3. The molecule has 1 aromatic rings. The van der Waals surface area contributed by atoms with Crippen molar-refractivity contribution in [3.63, 3.8) is 0 Å². The van der Waals surface area contributed by atoms with Crippen LogP contribution >= 0.6 is 0 Å². The molecule has 1 heterocycles. The normalized spacial score (nSPS) is 13.2. The van der Waals surface area contributed by atoms with E-state index in [4.69, 9.17) is 5.73 Å². The molecule has 0 saturated carbocycles. The quantitative estimate of drug-likeness (QED) is 0.750. The Hall–Kier alpha value is -0.900. The molecule has 13 heavy (non-hydrogen) atoms. The van der Waals surface area contributed by atoms with Crippen LogP contribution in [-0.4, -0.2) is 15.0 Å². The summed E-state index contributed by atoms with van der Waals surface area (Å²) in [6.07, 6.45) is 5.09. The van der Waals surface area contributed by atoms with Crippen molar-refractivity contribution < 1.29 is 0 Å². The minimum atomic E-state index is 0.0515. The fraction of sp³-hybridized carbons (Fsp3) is 0.778. The largest absolute Gasteiger partial charge is 0.323 e. The van der Waals surface area contributed by atoms with Gasteiger partial charge in [-0.1, -0.05) is 25.5 Å². The number of nitrogens with zero attached hydrogens (tertiary/aromatic N) is 3. The summed E-state index contributed by atoms with van der Waals surface area (Å²) in [5, 5.41) is 8.04. The Bertz CT molecular complexity index is 244. The SMILES string of the molecule is CCCC(N)c1cn(CCC)nn1. The molecule has 74 valence electrons. The van der Waals surface area contributed by atoms with E-state index in [0.717, 1.165) is 31.5 Å². The minimum Gasteiger partial charge on any atom is -0.323 e. The predicted molar refractivity (Wildman–Crippen MR) is 52.1 cm³/mol. The molecule has 1 aromatic heterocycles. The van der Waals surface area contributed by atoms with Crippen molar-refractivity contribution in [1.82, 2.24) is 15.0 Å². The molecule has 0 bridgehead atoms. The first-order chi connectivity index (χ1) is 6.27. The van der Waals surface area contributed by atoms with Crippen molar-refractivity contribution >= 4 is 0 Å². The molecular formula is C9H18N4. The van der Waals surface area contributed by atoms with Gasteiger partial charge in [0, 0.05) is 6.54 Å². The number of hydrogen-bond donors (Lipinski definition) is 1. The van der Waals surface area contributed by atoms with Crippen LogP contribution in [0.3, 0.4) is 0 Å². The molecular weight excluding hydrogens is 164 g/mol. The predicted octanol–water partition coefficient (Wildman–Crippen LogP) is 1.49. The van der Waals surface area contributed by atoms with Crippen molar-refractivity contribution in [2.24, 2.45) is 5.73 Å². The zero-order chi connectivity index (χ0) is 9.68. The van der Waals surface area contributed by atoms with Crippen LogP contribution in [0.5, 0.6) is 0 Å². The Balaban J connectivity index is 2.56.